The molecule has 5 nitrogen and oxygen atoms in total. The summed E-state index contributed by atoms with van der Waals surface area (Å²) < 4.78 is 13.2. The molecule has 6 heteroatoms. The van der Waals surface area contributed by atoms with Gasteiger partial charge in [-0.05, 0) is 30.5 Å². The van der Waals surface area contributed by atoms with E-state index in [2.05, 4.69) is 0 Å². The summed E-state index contributed by atoms with van der Waals surface area (Å²) in [6, 6.07) is 6.21. The zero-order valence-corrected chi connectivity index (χ0v) is 12.2. The molecule has 22 heavy (non-hydrogen) atoms. The van der Waals surface area contributed by atoms with Gasteiger partial charge in [0.25, 0.3) is 0 Å². The molecule has 1 aromatic carbocycles. The van der Waals surface area contributed by atoms with Crippen LogP contribution in [0.1, 0.15) is 24.8 Å². The van der Waals surface area contributed by atoms with Crippen LogP contribution in [0.4, 0.5) is 4.39 Å². The molecule has 1 aromatic rings. The highest BCUT2D eigenvalue weighted by atomic mass is 19.1. The normalized spacial score (nSPS) is 21.6. The summed E-state index contributed by atoms with van der Waals surface area (Å²) in [6.07, 6.45) is 0.192. The van der Waals surface area contributed by atoms with Crippen LogP contribution in [-0.4, -0.2) is 46.2 Å². The Bertz CT molecular complexity index is 549. The van der Waals surface area contributed by atoms with E-state index >= 15 is 0 Å². The third kappa shape index (κ3) is 4.53. The lowest BCUT2D eigenvalue weighted by Gasteiger charge is -2.36. The Balaban J connectivity index is 1.96. The van der Waals surface area contributed by atoms with E-state index in [1.807, 2.05) is 0 Å². The topological polar surface area (TPSA) is 77.8 Å². The SMILES string of the molecule is O=C(O)CCC(=O)N1CC[C@H](O)[C@H](Cc2cccc(F)c2)C1. The molecular weight excluding hydrogens is 289 g/mol. The molecule has 1 fully saturated rings. The number of carbonyl (C=O) groups excluding carboxylic acids is 1. The zero-order valence-electron chi connectivity index (χ0n) is 12.2. The Labute approximate surface area is 128 Å². The second-order valence-corrected chi connectivity index (χ2v) is 5.68. The lowest BCUT2D eigenvalue weighted by atomic mass is 9.88. The zero-order chi connectivity index (χ0) is 16.1. The number of carbonyl (C=O) groups is 2. The number of amides is 1. The van der Waals surface area contributed by atoms with Crippen molar-refractivity contribution in [3.05, 3.63) is 35.6 Å². The standard InChI is InChI=1S/C16H20FNO4/c17-13-3-1-2-11(9-13)8-12-10-18(7-6-14(12)19)15(20)4-5-16(21)22/h1-3,9,12,14,19H,4-8,10H2,(H,21,22)/t12-,14+/m1/s1. The highest BCUT2D eigenvalue weighted by molar-refractivity contribution is 5.80. The van der Waals surface area contributed by atoms with Gasteiger partial charge in [0.2, 0.25) is 5.91 Å². The molecule has 0 saturated carbocycles. The summed E-state index contributed by atoms with van der Waals surface area (Å²) >= 11 is 0. The van der Waals surface area contributed by atoms with E-state index in [4.69, 9.17) is 5.11 Å². The number of carboxylic acid groups (broad SMARTS) is 1. The Morgan fingerprint density at radius 2 is 2.09 bits per heavy atom. The van der Waals surface area contributed by atoms with Gasteiger partial charge in [-0.3, -0.25) is 9.59 Å². The van der Waals surface area contributed by atoms with Crippen LogP contribution in [0.5, 0.6) is 0 Å². The highest BCUT2D eigenvalue weighted by Gasteiger charge is 2.30. The summed E-state index contributed by atoms with van der Waals surface area (Å²) in [4.78, 5) is 24.1. The van der Waals surface area contributed by atoms with Crippen molar-refractivity contribution < 1.29 is 24.2 Å². The smallest absolute Gasteiger partial charge is 0.303 e. The maximum absolute atomic E-state index is 13.2. The van der Waals surface area contributed by atoms with Crippen molar-refractivity contribution in [2.75, 3.05) is 13.1 Å². The van der Waals surface area contributed by atoms with Gasteiger partial charge in [-0.2, -0.15) is 0 Å². The van der Waals surface area contributed by atoms with Crippen molar-refractivity contribution >= 4 is 11.9 Å². The fourth-order valence-corrected chi connectivity index (χ4v) is 2.79. The number of carboxylic acids is 1. The minimum Gasteiger partial charge on any atom is -0.481 e. The Morgan fingerprint density at radius 1 is 1.32 bits per heavy atom. The van der Waals surface area contributed by atoms with Crippen LogP contribution in [0.2, 0.25) is 0 Å². The van der Waals surface area contributed by atoms with Crippen LogP contribution in [-0.2, 0) is 16.0 Å². The average Bonchev–Trinajstić information content (AvgIpc) is 2.47. The van der Waals surface area contributed by atoms with E-state index in [0.717, 1.165) is 5.56 Å². The van der Waals surface area contributed by atoms with Crippen molar-refractivity contribution in [1.29, 1.82) is 0 Å². The number of piperidine rings is 1. The summed E-state index contributed by atoms with van der Waals surface area (Å²) in [6.45, 7) is 0.801. The first-order valence-electron chi connectivity index (χ1n) is 7.38. The molecule has 2 N–H and O–H groups in total. The molecule has 0 spiro atoms. The number of halogens is 1. The molecule has 1 aliphatic heterocycles. The summed E-state index contributed by atoms with van der Waals surface area (Å²) in [7, 11) is 0. The van der Waals surface area contributed by atoms with Crippen LogP contribution in [0.25, 0.3) is 0 Å². The van der Waals surface area contributed by atoms with Crippen molar-refractivity contribution in [2.24, 2.45) is 5.92 Å². The van der Waals surface area contributed by atoms with Gasteiger partial charge in [0.15, 0.2) is 0 Å². The second kappa shape index (κ2) is 7.35. The predicted molar refractivity (Wildman–Crippen MR) is 77.7 cm³/mol. The third-order valence-electron chi connectivity index (χ3n) is 3.99. The first-order chi connectivity index (χ1) is 10.5. The van der Waals surface area contributed by atoms with Crippen LogP contribution in [0, 0.1) is 11.7 Å². The van der Waals surface area contributed by atoms with Gasteiger partial charge in [0, 0.05) is 25.4 Å². The molecule has 0 aromatic heterocycles. The number of benzene rings is 1. The van der Waals surface area contributed by atoms with Gasteiger partial charge in [-0.1, -0.05) is 12.1 Å². The number of nitrogens with zero attached hydrogens (tertiary/aromatic N) is 1. The van der Waals surface area contributed by atoms with Gasteiger partial charge >= 0.3 is 5.97 Å². The molecule has 120 valence electrons. The molecular formula is C16H20FNO4. The molecule has 0 bridgehead atoms. The Hall–Kier alpha value is -1.95. The van der Waals surface area contributed by atoms with E-state index in [1.165, 1.54) is 12.1 Å². The largest absolute Gasteiger partial charge is 0.481 e. The number of rotatable bonds is 5. The number of aliphatic carboxylic acids is 1. The summed E-state index contributed by atoms with van der Waals surface area (Å²) in [5.74, 6) is -1.69. The molecule has 0 unspecified atom stereocenters. The van der Waals surface area contributed by atoms with E-state index in [-0.39, 0.29) is 30.5 Å². The fourth-order valence-electron chi connectivity index (χ4n) is 2.79. The summed E-state index contributed by atoms with van der Waals surface area (Å²) in [5, 5.41) is 18.7. The van der Waals surface area contributed by atoms with Crippen molar-refractivity contribution in [2.45, 2.75) is 31.8 Å². The van der Waals surface area contributed by atoms with Crippen LogP contribution < -0.4 is 0 Å². The monoisotopic (exact) mass is 309 g/mol. The number of likely N-dealkylation sites (tertiary alicyclic amines) is 1. The molecule has 1 amide bonds. The maximum atomic E-state index is 13.2. The summed E-state index contributed by atoms with van der Waals surface area (Å²) in [5.41, 5.74) is 0.781. The average molecular weight is 309 g/mol. The molecule has 2 rings (SSSR count). The minimum atomic E-state index is -0.998. The molecule has 1 heterocycles. The lowest BCUT2D eigenvalue weighted by molar-refractivity contribution is -0.142. The van der Waals surface area contributed by atoms with Crippen molar-refractivity contribution in [1.82, 2.24) is 4.90 Å². The molecule has 0 radical (unpaired) electrons. The molecule has 0 aliphatic carbocycles. The minimum absolute atomic E-state index is 0.0296. The van der Waals surface area contributed by atoms with Gasteiger partial charge in [-0.25, -0.2) is 4.39 Å². The first-order valence-corrected chi connectivity index (χ1v) is 7.38. The van der Waals surface area contributed by atoms with Crippen LogP contribution >= 0.6 is 0 Å². The number of aliphatic hydroxyl groups is 1. The molecule has 2 atom stereocenters. The van der Waals surface area contributed by atoms with E-state index in [1.54, 1.807) is 17.0 Å². The predicted octanol–water partition coefficient (Wildman–Crippen LogP) is 1.44. The van der Waals surface area contributed by atoms with Crippen LogP contribution in [0.15, 0.2) is 24.3 Å². The Morgan fingerprint density at radius 3 is 2.77 bits per heavy atom. The molecule has 1 saturated heterocycles. The molecule has 1 aliphatic rings. The van der Waals surface area contributed by atoms with E-state index in [9.17, 15) is 19.1 Å². The van der Waals surface area contributed by atoms with Gasteiger partial charge in [0.1, 0.15) is 5.82 Å². The van der Waals surface area contributed by atoms with Gasteiger partial charge in [0.05, 0.1) is 12.5 Å². The van der Waals surface area contributed by atoms with Crippen molar-refractivity contribution in [3.8, 4) is 0 Å². The lowest BCUT2D eigenvalue weighted by Crippen LogP contribution is -2.46. The fraction of sp³-hybridized carbons (Fsp3) is 0.500. The number of aliphatic hydroxyl groups excluding tert-OH is 1. The Kier molecular flexibility index (Phi) is 5.49. The number of hydrogen-bond acceptors (Lipinski definition) is 3. The quantitative estimate of drug-likeness (QED) is 0.863. The van der Waals surface area contributed by atoms with Gasteiger partial charge < -0.3 is 15.1 Å². The van der Waals surface area contributed by atoms with Gasteiger partial charge in [-0.15, -0.1) is 0 Å². The van der Waals surface area contributed by atoms with E-state index in [0.29, 0.717) is 25.9 Å². The highest BCUT2D eigenvalue weighted by Crippen LogP contribution is 2.22. The third-order valence-corrected chi connectivity index (χ3v) is 3.99. The first kappa shape index (κ1) is 16.4. The second-order valence-electron chi connectivity index (χ2n) is 5.68. The van der Waals surface area contributed by atoms with E-state index < -0.39 is 12.1 Å². The maximum Gasteiger partial charge on any atom is 0.303 e. The van der Waals surface area contributed by atoms with Crippen molar-refractivity contribution in [3.63, 3.8) is 0 Å². The van der Waals surface area contributed by atoms with Crippen LogP contribution in [0.3, 0.4) is 0 Å². The number of hydrogen-bond donors (Lipinski definition) is 2.